The minimum Gasteiger partial charge on any atom is -0.456 e. The van der Waals surface area contributed by atoms with Gasteiger partial charge in [-0.1, -0.05) is 50.1 Å². The minimum atomic E-state index is -0.620. The lowest BCUT2D eigenvalue weighted by Crippen LogP contribution is -2.37. The monoisotopic (exact) mass is 526 g/mol. The van der Waals surface area contributed by atoms with E-state index in [9.17, 15) is 19.2 Å². The third-order valence-electron chi connectivity index (χ3n) is 6.04. The number of fused-ring (bicyclic) bond motifs is 5. The van der Waals surface area contributed by atoms with Crippen molar-refractivity contribution in [2.45, 2.75) is 22.5 Å². The number of carbonyl (C=O) groups is 4. The van der Waals surface area contributed by atoms with Gasteiger partial charge in [0.1, 0.15) is 0 Å². The van der Waals surface area contributed by atoms with Crippen LogP contribution in [0.15, 0.2) is 30.3 Å². The molecule has 0 unspecified atom stereocenters. The topological polar surface area (TPSA) is 92.8 Å². The molecule has 1 aromatic rings. The first-order valence-corrected chi connectivity index (χ1v) is 11.4. The van der Waals surface area contributed by atoms with Crippen LogP contribution >= 0.6 is 31.9 Å². The first kappa shape index (κ1) is 20.5. The molecule has 1 N–H and O–H groups in total. The van der Waals surface area contributed by atoms with Gasteiger partial charge >= 0.3 is 5.97 Å². The second kappa shape index (κ2) is 8.18. The van der Waals surface area contributed by atoms with Crippen molar-refractivity contribution >= 4 is 61.2 Å². The average Bonchev–Trinajstić information content (AvgIpc) is 3.31. The molecule has 3 amide bonds. The van der Waals surface area contributed by atoms with Gasteiger partial charge in [0.2, 0.25) is 11.8 Å². The van der Waals surface area contributed by atoms with Crippen LogP contribution in [0.2, 0.25) is 0 Å². The van der Waals surface area contributed by atoms with Gasteiger partial charge in [0, 0.05) is 21.9 Å². The maximum absolute atomic E-state index is 12.8. The molecular weight excluding hydrogens is 508 g/mol. The molecule has 0 spiro atoms. The van der Waals surface area contributed by atoms with Crippen molar-refractivity contribution in [3.05, 3.63) is 30.3 Å². The summed E-state index contributed by atoms with van der Waals surface area (Å²) in [5.74, 6) is -1.75. The molecule has 3 fully saturated rings. The SMILES string of the molecule is O=C(COC(=O)CCN1C(=O)[C@@H]2[C@H]3C[C@@H]([C@H](Br)[C@@H]3Br)[C@@H]2C1=O)Nc1ccccc1. The molecular formula is C20H20Br2N2O5. The zero-order chi connectivity index (χ0) is 20.7. The van der Waals surface area contributed by atoms with E-state index in [1.54, 1.807) is 24.3 Å². The van der Waals surface area contributed by atoms with Gasteiger partial charge in [-0.2, -0.15) is 0 Å². The predicted octanol–water partition coefficient (Wildman–Crippen LogP) is 2.34. The maximum Gasteiger partial charge on any atom is 0.308 e. The van der Waals surface area contributed by atoms with Gasteiger partial charge in [-0.05, 0) is 30.4 Å². The lowest BCUT2D eigenvalue weighted by atomic mass is 9.81. The molecule has 1 aromatic carbocycles. The van der Waals surface area contributed by atoms with Crippen LogP contribution in [0.1, 0.15) is 12.8 Å². The summed E-state index contributed by atoms with van der Waals surface area (Å²) in [4.78, 5) is 50.9. The summed E-state index contributed by atoms with van der Waals surface area (Å²) in [6, 6.07) is 8.84. The molecule has 6 atom stereocenters. The number of esters is 1. The van der Waals surface area contributed by atoms with Crippen molar-refractivity contribution < 1.29 is 23.9 Å². The lowest BCUT2D eigenvalue weighted by Gasteiger charge is -2.28. The van der Waals surface area contributed by atoms with Gasteiger partial charge in [-0.15, -0.1) is 0 Å². The Kier molecular flexibility index (Phi) is 5.79. The number of hydrogen-bond donors (Lipinski definition) is 1. The van der Waals surface area contributed by atoms with Crippen LogP contribution in [0, 0.1) is 23.7 Å². The first-order chi connectivity index (χ1) is 13.9. The summed E-state index contributed by atoms with van der Waals surface area (Å²) in [5, 5.41) is 2.62. The Hall–Kier alpha value is -1.74. The van der Waals surface area contributed by atoms with E-state index in [0.717, 1.165) is 6.42 Å². The summed E-state index contributed by atoms with van der Waals surface area (Å²) in [5.41, 5.74) is 0.609. The molecule has 7 nitrogen and oxygen atoms in total. The van der Waals surface area contributed by atoms with Crippen molar-refractivity contribution in [1.29, 1.82) is 0 Å². The Bertz CT molecular complexity index is 817. The standard InChI is InChI=1S/C20H20Br2N2O5/c21-17-11-8-12(18(17)22)16-15(11)19(27)24(20(16)28)7-6-14(26)29-9-13(25)23-10-4-2-1-3-5-10/h1-5,11-12,15-18H,6-9H2,(H,23,25)/t11-,12-,15-,16+,17-,18+/m1/s1. The molecule has 1 heterocycles. The fourth-order valence-electron chi connectivity index (χ4n) is 4.77. The fraction of sp³-hybridized carbons (Fsp3) is 0.500. The maximum atomic E-state index is 12.8. The Balaban J connectivity index is 1.26. The first-order valence-electron chi connectivity index (χ1n) is 9.52. The van der Waals surface area contributed by atoms with E-state index < -0.39 is 18.5 Å². The number of benzene rings is 1. The van der Waals surface area contributed by atoms with Crippen molar-refractivity contribution in [1.82, 2.24) is 4.90 Å². The largest absolute Gasteiger partial charge is 0.456 e. The zero-order valence-electron chi connectivity index (χ0n) is 15.4. The van der Waals surface area contributed by atoms with Crippen LogP contribution in [-0.4, -0.2) is 51.4 Å². The summed E-state index contributed by atoms with van der Waals surface area (Å²) in [6.07, 6.45) is 0.741. The van der Waals surface area contributed by atoms with Crippen LogP contribution in [-0.2, 0) is 23.9 Å². The highest BCUT2D eigenvalue weighted by Gasteiger charge is 2.66. The highest BCUT2D eigenvalue weighted by Crippen LogP contribution is 2.60. The molecule has 4 rings (SSSR count). The van der Waals surface area contributed by atoms with Crippen molar-refractivity contribution in [3.8, 4) is 0 Å². The number of nitrogens with zero attached hydrogens (tertiary/aromatic N) is 1. The van der Waals surface area contributed by atoms with Crippen molar-refractivity contribution in [2.24, 2.45) is 23.7 Å². The lowest BCUT2D eigenvalue weighted by molar-refractivity contribution is -0.149. The number of halogens is 2. The summed E-state index contributed by atoms with van der Waals surface area (Å²) in [7, 11) is 0. The Labute approximate surface area is 184 Å². The number of carbonyl (C=O) groups excluding carboxylic acids is 4. The number of imide groups is 1. The number of anilines is 1. The molecule has 0 radical (unpaired) electrons. The molecule has 154 valence electrons. The number of hydrogen-bond acceptors (Lipinski definition) is 5. The average molecular weight is 528 g/mol. The van der Waals surface area contributed by atoms with E-state index in [4.69, 9.17) is 4.74 Å². The minimum absolute atomic E-state index is 0.0108. The summed E-state index contributed by atoms with van der Waals surface area (Å²) >= 11 is 7.29. The van der Waals surface area contributed by atoms with Gasteiger partial charge in [0.25, 0.3) is 5.91 Å². The molecule has 3 aliphatic rings. The number of amides is 3. The highest BCUT2D eigenvalue weighted by atomic mass is 79.9. The number of likely N-dealkylation sites (tertiary alicyclic amines) is 1. The van der Waals surface area contributed by atoms with Crippen LogP contribution in [0.4, 0.5) is 5.69 Å². The quantitative estimate of drug-likeness (QED) is 0.348. The molecule has 1 aliphatic heterocycles. The number of rotatable bonds is 6. The summed E-state index contributed by atoms with van der Waals surface area (Å²) < 4.78 is 4.97. The smallest absolute Gasteiger partial charge is 0.308 e. The van der Waals surface area contributed by atoms with E-state index in [1.165, 1.54) is 4.90 Å². The molecule has 2 aliphatic carbocycles. The van der Waals surface area contributed by atoms with Gasteiger partial charge in [0.15, 0.2) is 6.61 Å². The Morgan fingerprint density at radius 2 is 1.62 bits per heavy atom. The number of alkyl halides is 2. The predicted molar refractivity (Wildman–Crippen MR) is 111 cm³/mol. The van der Waals surface area contributed by atoms with Gasteiger partial charge in [-0.25, -0.2) is 0 Å². The highest BCUT2D eigenvalue weighted by molar-refractivity contribution is 9.12. The normalized spacial score (nSPS) is 32.4. The molecule has 29 heavy (non-hydrogen) atoms. The number of nitrogens with one attached hydrogen (secondary N) is 1. The number of ether oxygens (including phenoxy) is 1. The second-order valence-electron chi connectivity index (χ2n) is 7.66. The third kappa shape index (κ3) is 3.74. The van der Waals surface area contributed by atoms with E-state index in [0.29, 0.717) is 5.69 Å². The Morgan fingerprint density at radius 1 is 1.03 bits per heavy atom. The number of para-hydroxylation sites is 1. The molecule has 2 saturated carbocycles. The van der Waals surface area contributed by atoms with Crippen LogP contribution in [0.25, 0.3) is 0 Å². The Morgan fingerprint density at radius 3 is 2.21 bits per heavy atom. The van der Waals surface area contributed by atoms with E-state index >= 15 is 0 Å². The van der Waals surface area contributed by atoms with Crippen LogP contribution in [0.5, 0.6) is 0 Å². The second-order valence-corrected chi connectivity index (χ2v) is 9.77. The van der Waals surface area contributed by atoms with Gasteiger partial charge in [0.05, 0.1) is 18.3 Å². The van der Waals surface area contributed by atoms with Gasteiger partial charge in [-0.3, -0.25) is 24.1 Å². The molecule has 2 bridgehead atoms. The van der Waals surface area contributed by atoms with E-state index in [2.05, 4.69) is 37.2 Å². The van der Waals surface area contributed by atoms with Crippen LogP contribution in [0.3, 0.4) is 0 Å². The fourth-order valence-corrected chi connectivity index (χ4v) is 6.64. The zero-order valence-corrected chi connectivity index (χ0v) is 18.6. The van der Waals surface area contributed by atoms with Gasteiger partial charge < -0.3 is 10.1 Å². The summed E-state index contributed by atoms with van der Waals surface area (Å²) in [6.45, 7) is -0.426. The van der Waals surface area contributed by atoms with Crippen molar-refractivity contribution in [3.63, 3.8) is 0 Å². The molecule has 0 aromatic heterocycles. The van der Waals surface area contributed by atoms with Crippen molar-refractivity contribution in [2.75, 3.05) is 18.5 Å². The molecule has 9 heteroatoms. The van der Waals surface area contributed by atoms with Crippen LogP contribution < -0.4 is 5.32 Å². The molecule has 1 saturated heterocycles. The van der Waals surface area contributed by atoms with E-state index in [1.807, 2.05) is 6.07 Å². The van der Waals surface area contributed by atoms with E-state index in [-0.39, 0.29) is 58.1 Å². The third-order valence-corrected chi connectivity index (χ3v) is 9.25.